The second-order valence-electron chi connectivity index (χ2n) is 5.21. The lowest BCUT2D eigenvalue weighted by Gasteiger charge is -2.09. The second kappa shape index (κ2) is 5.77. The van der Waals surface area contributed by atoms with E-state index < -0.39 is 0 Å². The zero-order valence-electron chi connectivity index (χ0n) is 12.2. The Kier molecular flexibility index (Phi) is 3.66. The van der Waals surface area contributed by atoms with Crippen molar-refractivity contribution in [3.8, 4) is 23.1 Å². The standard InChI is InChI=1S/C15H14N6O/c1-9(2)7-22-15-13-11(6-17-14(13)18-8-19-15)10-3-4-20-21-12(10)5-16/h3-4,6,8-9H,7H2,1-2H3,(H,17,18,19). The van der Waals surface area contributed by atoms with Crippen molar-refractivity contribution in [1.29, 1.82) is 5.26 Å². The van der Waals surface area contributed by atoms with Gasteiger partial charge in [-0.3, -0.25) is 0 Å². The van der Waals surface area contributed by atoms with Gasteiger partial charge in [0.1, 0.15) is 18.0 Å². The molecule has 3 rings (SSSR count). The van der Waals surface area contributed by atoms with Crippen LogP contribution in [0.25, 0.3) is 22.2 Å². The number of nitrogens with zero attached hydrogens (tertiary/aromatic N) is 5. The highest BCUT2D eigenvalue weighted by Gasteiger charge is 2.17. The molecule has 0 aliphatic carbocycles. The fourth-order valence-electron chi connectivity index (χ4n) is 2.13. The molecule has 3 aromatic rings. The minimum atomic E-state index is 0.252. The van der Waals surface area contributed by atoms with Crippen molar-refractivity contribution in [2.75, 3.05) is 6.61 Å². The average Bonchev–Trinajstić information content (AvgIpc) is 2.97. The fraction of sp³-hybridized carbons (Fsp3) is 0.267. The van der Waals surface area contributed by atoms with Gasteiger partial charge in [-0.2, -0.15) is 10.4 Å². The van der Waals surface area contributed by atoms with Crippen LogP contribution >= 0.6 is 0 Å². The Hall–Kier alpha value is -3.01. The maximum atomic E-state index is 9.21. The summed E-state index contributed by atoms with van der Waals surface area (Å²) in [5.74, 6) is 0.875. The van der Waals surface area contributed by atoms with Crippen molar-refractivity contribution in [2.24, 2.45) is 5.92 Å². The van der Waals surface area contributed by atoms with Crippen molar-refractivity contribution < 1.29 is 4.74 Å². The molecular weight excluding hydrogens is 280 g/mol. The zero-order chi connectivity index (χ0) is 15.5. The minimum absolute atomic E-state index is 0.252. The van der Waals surface area contributed by atoms with Crippen LogP contribution in [0.2, 0.25) is 0 Å². The van der Waals surface area contributed by atoms with E-state index in [1.165, 1.54) is 6.33 Å². The Labute approximate surface area is 127 Å². The van der Waals surface area contributed by atoms with Crippen molar-refractivity contribution >= 4 is 11.0 Å². The SMILES string of the molecule is CC(C)COc1ncnc2[nH]cc(-c3ccnnc3C#N)c12. The van der Waals surface area contributed by atoms with Gasteiger partial charge in [0.25, 0.3) is 0 Å². The molecule has 7 nitrogen and oxygen atoms in total. The van der Waals surface area contributed by atoms with Crippen LogP contribution < -0.4 is 4.74 Å². The van der Waals surface area contributed by atoms with Gasteiger partial charge in [0, 0.05) is 17.3 Å². The number of hydrogen-bond donors (Lipinski definition) is 1. The van der Waals surface area contributed by atoms with Crippen LogP contribution in [-0.4, -0.2) is 31.8 Å². The number of nitriles is 1. The molecule has 0 radical (unpaired) electrons. The van der Waals surface area contributed by atoms with Crippen LogP contribution in [0.1, 0.15) is 19.5 Å². The smallest absolute Gasteiger partial charge is 0.226 e. The van der Waals surface area contributed by atoms with Crippen molar-refractivity contribution in [1.82, 2.24) is 25.1 Å². The number of H-pyrrole nitrogens is 1. The Balaban J connectivity index is 2.17. The Morgan fingerprint density at radius 2 is 2.18 bits per heavy atom. The summed E-state index contributed by atoms with van der Waals surface area (Å²) in [7, 11) is 0. The van der Waals surface area contributed by atoms with Gasteiger partial charge in [-0.25, -0.2) is 9.97 Å². The second-order valence-corrected chi connectivity index (χ2v) is 5.21. The number of nitrogens with one attached hydrogen (secondary N) is 1. The molecule has 22 heavy (non-hydrogen) atoms. The third-order valence-corrected chi connectivity index (χ3v) is 3.11. The average molecular weight is 294 g/mol. The predicted molar refractivity (Wildman–Crippen MR) is 80.0 cm³/mol. The number of fused-ring (bicyclic) bond motifs is 1. The Morgan fingerprint density at radius 3 is 2.95 bits per heavy atom. The van der Waals surface area contributed by atoms with E-state index in [9.17, 15) is 5.26 Å². The number of hydrogen-bond acceptors (Lipinski definition) is 6. The maximum Gasteiger partial charge on any atom is 0.226 e. The van der Waals surface area contributed by atoms with Crippen molar-refractivity contribution in [3.05, 3.63) is 30.5 Å². The maximum absolute atomic E-state index is 9.21. The van der Waals surface area contributed by atoms with E-state index in [0.29, 0.717) is 29.6 Å². The summed E-state index contributed by atoms with van der Waals surface area (Å²) >= 11 is 0. The number of aromatic nitrogens is 5. The van der Waals surface area contributed by atoms with Crippen molar-refractivity contribution in [2.45, 2.75) is 13.8 Å². The molecular formula is C15H14N6O. The van der Waals surface area contributed by atoms with Crippen LogP contribution in [0, 0.1) is 17.2 Å². The van der Waals surface area contributed by atoms with E-state index >= 15 is 0 Å². The Morgan fingerprint density at radius 1 is 1.32 bits per heavy atom. The molecule has 0 fully saturated rings. The molecule has 110 valence electrons. The van der Waals surface area contributed by atoms with E-state index in [2.05, 4.69) is 39.0 Å². The van der Waals surface area contributed by atoms with Gasteiger partial charge in [-0.1, -0.05) is 13.8 Å². The van der Waals surface area contributed by atoms with Crippen molar-refractivity contribution in [3.63, 3.8) is 0 Å². The van der Waals surface area contributed by atoms with Crippen LogP contribution in [0.4, 0.5) is 0 Å². The predicted octanol–water partition coefficient (Wildman–Crippen LogP) is 2.32. The van der Waals surface area contributed by atoms with E-state index in [-0.39, 0.29) is 5.69 Å². The third-order valence-electron chi connectivity index (χ3n) is 3.11. The van der Waals surface area contributed by atoms with Crippen LogP contribution in [0.15, 0.2) is 24.8 Å². The molecule has 7 heteroatoms. The molecule has 0 unspecified atom stereocenters. The van der Waals surface area contributed by atoms with Gasteiger partial charge in [-0.05, 0) is 12.0 Å². The lowest BCUT2D eigenvalue weighted by Crippen LogP contribution is -2.06. The zero-order valence-corrected chi connectivity index (χ0v) is 12.2. The topological polar surface area (TPSA) is 100 Å². The van der Waals surface area contributed by atoms with E-state index in [4.69, 9.17) is 4.74 Å². The molecule has 0 spiro atoms. The summed E-state index contributed by atoms with van der Waals surface area (Å²) in [4.78, 5) is 11.5. The first-order valence-electron chi connectivity index (χ1n) is 6.87. The molecule has 1 N–H and O–H groups in total. The molecule has 0 aromatic carbocycles. The van der Waals surface area contributed by atoms with Gasteiger partial charge in [0.2, 0.25) is 5.88 Å². The molecule has 0 bridgehead atoms. The highest BCUT2D eigenvalue weighted by atomic mass is 16.5. The number of aromatic amines is 1. The number of rotatable bonds is 4. The van der Waals surface area contributed by atoms with E-state index in [1.54, 1.807) is 18.5 Å². The molecule has 0 aliphatic heterocycles. The fourth-order valence-corrected chi connectivity index (χ4v) is 2.13. The highest BCUT2D eigenvalue weighted by molar-refractivity contribution is 5.97. The molecule has 0 amide bonds. The molecule has 0 atom stereocenters. The molecule has 3 heterocycles. The van der Waals surface area contributed by atoms with Crippen LogP contribution in [0.3, 0.4) is 0 Å². The summed E-state index contributed by atoms with van der Waals surface area (Å²) in [5, 5.41) is 17.6. The van der Waals surface area contributed by atoms with E-state index in [0.717, 1.165) is 10.9 Å². The molecule has 0 saturated carbocycles. The van der Waals surface area contributed by atoms with Crippen LogP contribution in [0.5, 0.6) is 5.88 Å². The normalized spacial score (nSPS) is 10.8. The highest BCUT2D eigenvalue weighted by Crippen LogP contribution is 2.33. The first-order chi connectivity index (χ1) is 10.7. The van der Waals surface area contributed by atoms with E-state index in [1.807, 2.05) is 6.07 Å². The molecule has 0 saturated heterocycles. The van der Waals surface area contributed by atoms with Gasteiger partial charge in [0.15, 0.2) is 5.69 Å². The van der Waals surface area contributed by atoms with Gasteiger partial charge >= 0.3 is 0 Å². The lowest BCUT2D eigenvalue weighted by molar-refractivity contribution is 0.264. The van der Waals surface area contributed by atoms with Gasteiger partial charge in [0.05, 0.1) is 18.2 Å². The summed E-state index contributed by atoms with van der Waals surface area (Å²) < 4.78 is 5.78. The third kappa shape index (κ3) is 2.46. The summed E-state index contributed by atoms with van der Waals surface area (Å²) in [6, 6.07) is 3.79. The molecule has 3 aromatic heterocycles. The monoisotopic (exact) mass is 294 g/mol. The summed E-state index contributed by atoms with van der Waals surface area (Å²) in [5.41, 5.74) is 2.36. The quantitative estimate of drug-likeness (QED) is 0.792. The first kappa shape index (κ1) is 13.9. The Bertz CT molecular complexity index is 849. The lowest BCUT2D eigenvalue weighted by atomic mass is 10.1. The summed E-state index contributed by atoms with van der Waals surface area (Å²) in [6.45, 7) is 4.68. The summed E-state index contributed by atoms with van der Waals surface area (Å²) in [6.07, 6.45) is 4.78. The molecule has 0 aliphatic rings. The first-order valence-corrected chi connectivity index (χ1v) is 6.87. The van der Waals surface area contributed by atoms with Gasteiger partial charge in [-0.15, -0.1) is 5.10 Å². The number of ether oxygens (including phenoxy) is 1. The van der Waals surface area contributed by atoms with Gasteiger partial charge < -0.3 is 9.72 Å². The van der Waals surface area contributed by atoms with Crippen LogP contribution in [-0.2, 0) is 0 Å². The minimum Gasteiger partial charge on any atom is -0.477 e. The largest absolute Gasteiger partial charge is 0.477 e.